The van der Waals surface area contributed by atoms with Crippen LogP contribution in [-0.4, -0.2) is 24.9 Å². The summed E-state index contributed by atoms with van der Waals surface area (Å²) in [6.45, 7) is 0. The molecule has 0 unspecified atom stereocenters. The Labute approximate surface area is 138 Å². The van der Waals surface area contributed by atoms with Crippen molar-refractivity contribution in [3.8, 4) is 11.5 Å². The van der Waals surface area contributed by atoms with Gasteiger partial charge in [-0.1, -0.05) is 17.7 Å². The molecule has 5 nitrogen and oxygen atoms in total. The normalized spacial score (nSPS) is 16.3. The van der Waals surface area contributed by atoms with Crippen molar-refractivity contribution in [2.75, 3.05) is 12.4 Å². The van der Waals surface area contributed by atoms with E-state index < -0.39 is 6.10 Å². The van der Waals surface area contributed by atoms with Gasteiger partial charge in [0.15, 0.2) is 11.9 Å². The fourth-order valence-corrected chi connectivity index (χ4v) is 2.54. The fraction of sp³-hybridized carbons (Fsp3) is 0.176. The summed E-state index contributed by atoms with van der Waals surface area (Å²) in [4.78, 5) is 24.5. The van der Waals surface area contributed by atoms with E-state index in [2.05, 4.69) is 5.32 Å². The highest BCUT2D eigenvalue weighted by Crippen LogP contribution is 2.30. The number of benzene rings is 2. The van der Waals surface area contributed by atoms with Crippen LogP contribution < -0.4 is 14.8 Å². The summed E-state index contributed by atoms with van der Waals surface area (Å²) in [5.41, 5.74) is 0.982. The summed E-state index contributed by atoms with van der Waals surface area (Å²) in [5, 5.41) is 3.19. The Morgan fingerprint density at radius 2 is 2.13 bits per heavy atom. The van der Waals surface area contributed by atoms with E-state index in [1.165, 1.54) is 0 Å². The fourth-order valence-electron chi connectivity index (χ4n) is 2.37. The number of fused-ring (bicyclic) bond motifs is 1. The minimum Gasteiger partial charge on any atom is -0.497 e. The summed E-state index contributed by atoms with van der Waals surface area (Å²) in [6.07, 6.45) is -0.897. The Bertz CT molecular complexity index is 775. The molecule has 1 aliphatic rings. The molecule has 2 aromatic rings. The molecule has 0 fully saturated rings. The molecular weight excluding hydrogens is 318 g/mol. The van der Waals surface area contributed by atoms with Crippen molar-refractivity contribution in [3.63, 3.8) is 0 Å². The van der Waals surface area contributed by atoms with E-state index in [0.29, 0.717) is 27.8 Å². The molecule has 3 rings (SSSR count). The second-order valence-corrected chi connectivity index (χ2v) is 5.53. The van der Waals surface area contributed by atoms with E-state index in [1.807, 2.05) is 0 Å². The van der Waals surface area contributed by atoms with E-state index in [0.717, 1.165) is 0 Å². The number of carbonyl (C=O) groups is 2. The molecule has 2 aromatic carbocycles. The lowest BCUT2D eigenvalue weighted by Gasteiger charge is -2.24. The van der Waals surface area contributed by atoms with E-state index >= 15 is 0 Å². The SMILES string of the molecule is COc1cccc(NC(=O)[C@@H]2CC(=O)c3cc(Cl)ccc3O2)c1. The Balaban J connectivity index is 1.76. The number of anilines is 1. The lowest BCUT2D eigenvalue weighted by Crippen LogP contribution is -2.38. The van der Waals surface area contributed by atoms with Gasteiger partial charge in [-0.3, -0.25) is 9.59 Å². The predicted molar refractivity (Wildman–Crippen MR) is 86.4 cm³/mol. The molecule has 1 N–H and O–H groups in total. The van der Waals surface area contributed by atoms with Crippen LogP contribution in [0.3, 0.4) is 0 Å². The van der Waals surface area contributed by atoms with Gasteiger partial charge < -0.3 is 14.8 Å². The largest absolute Gasteiger partial charge is 0.497 e. The number of hydrogen-bond donors (Lipinski definition) is 1. The van der Waals surface area contributed by atoms with E-state index in [9.17, 15) is 9.59 Å². The number of hydrogen-bond acceptors (Lipinski definition) is 4. The van der Waals surface area contributed by atoms with Crippen LogP contribution in [0, 0.1) is 0 Å². The number of rotatable bonds is 3. The van der Waals surface area contributed by atoms with Gasteiger partial charge in [-0.15, -0.1) is 0 Å². The highest BCUT2D eigenvalue weighted by Gasteiger charge is 2.31. The Morgan fingerprint density at radius 3 is 2.91 bits per heavy atom. The van der Waals surface area contributed by atoms with Crippen LogP contribution in [0.1, 0.15) is 16.8 Å². The average molecular weight is 332 g/mol. The van der Waals surface area contributed by atoms with Crippen LogP contribution in [0.4, 0.5) is 5.69 Å². The molecule has 1 aliphatic heterocycles. The van der Waals surface area contributed by atoms with Crippen molar-refractivity contribution in [2.45, 2.75) is 12.5 Å². The Hall–Kier alpha value is -2.53. The smallest absolute Gasteiger partial charge is 0.265 e. The first kappa shape index (κ1) is 15.4. The molecule has 0 aromatic heterocycles. The van der Waals surface area contributed by atoms with Gasteiger partial charge in [0.25, 0.3) is 5.91 Å². The maximum Gasteiger partial charge on any atom is 0.265 e. The van der Waals surface area contributed by atoms with Crippen molar-refractivity contribution in [1.82, 2.24) is 0 Å². The van der Waals surface area contributed by atoms with Crippen LogP contribution >= 0.6 is 11.6 Å². The van der Waals surface area contributed by atoms with Crippen LogP contribution in [0.5, 0.6) is 11.5 Å². The zero-order valence-corrected chi connectivity index (χ0v) is 13.1. The number of amides is 1. The molecule has 1 amide bonds. The molecule has 118 valence electrons. The minimum atomic E-state index is -0.873. The zero-order chi connectivity index (χ0) is 16.4. The zero-order valence-electron chi connectivity index (χ0n) is 12.3. The topological polar surface area (TPSA) is 64.6 Å². The van der Waals surface area contributed by atoms with Gasteiger partial charge >= 0.3 is 0 Å². The molecule has 0 radical (unpaired) electrons. The number of carbonyl (C=O) groups excluding carboxylic acids is 2. The molecular formula is C17H14ClNO4. The van der Waals surface area contributed by atoms with Gasteiger partial charge in [0.1, 0.15) is 11.5 Å². The van der Waals surface area contributed by atoms with Crippen LogP contribution in [0.15, 0.2) is 42.5 Å². The summed E-state index contributed by atoms with van der Waals surface area (Å²) in [6, 6.07) is 11.7. The van der Waals surface area contributed by atoms with Gasteiger partial charge in [-0.2, -0.15) is 0 Å². The van der Waals surface area contributed by atoms with Gasteiger partial charge in [0, 0.05) is 16.8 Å². The average Bonchev–Trinajstić information content (AvgIpc) is 2.55. The monoisotopic (exact) mass is 331 g/mol. The molecule has 0 aliphatic carbocycles. The molecule has 23 heavy (non-hydrogen) atoms. The maximum atomic E-state index is 12.3. The first-order valence-corrected chi connectivity index (χ1v) is 7.39. The molecule has 1 heterocycles. The first-order valence-electron chi connectivity index (χ1n) is 7.01. The summed E-state index contributed by atoms with van der Waals surface area (Å²) < 4.78 is 10.7. The number of Topliss-reactive ketones (excluding diaryl/α,β-unsaturated/α-hetero) is 1. The Kier molecular flexibility index (Phi) is 4.21. The molecule has 0 saturated carbocycles. The van der Waals surface area contributed by atoms with Crippen molar-refractivity contribution in [1.29, 1.82) is 0 Å². The van der Waals surface area contributed by atoms with E-state index in [1.54, 1.807) is 49.6 Å². The van der Waals surface area contributed by atoms with Gasteiger partial charge in [-0.05, 0) is 30.3 Å². The summed E-state index contributed by atoms with van der Waals surface area (Å²) in [7, 11) is 1.55. The number of ether oxygens (including phenoxy) is 2. The predicted octanol–water partition coefficient (Wildman–Crippen LogP) is 3.32. The van der Waals surface area contributed by atoms with Crippen molar-refractivity contribution < 1.29 is 19.1 Å². The van der Waals surface area contributed by atoms with Gasteiger partial charge in [-0.25, -0.2) is 0 Å². The Morgan fingerprint density at radius 1 is 1.30 bits per heavy atom. The number of nitrogens with one attached hydrogen (secondary N) is 1. The molecule has 0 spiro atoms. The maximum absolute atomic E-state index is 12.3. The summed E-state index contributed by atoms with van der Waals surface area (Å²) in [5.74, 6) is 0.451. The van der Waals surface area contributed by atoms with Crippen LogP contribution in [-0.2, 0) is 4.79 Å². The third kappa shape index (κ3) is 3.29. The molecule has 1 atom stereocenters. The minimum absolute atomic E-state index is 0.0247. The second-order valence-electron chi connectivity index (χ2n) is 5.10. The van der Waals surface area contributed by atoms with Crippen molar-refractivity contribution >= 4 is 29.0 Å². The third-order valence-corrected chi connectivity index (χ3v) is 3.75. The van der Waals surface area contributed by atoms with Crippen molar-refractivity contribution in [2.24, 2.45) is 0 Å². The number of halogens is 1. The molecule has 0 bridgehead atoms. The summed E-state index contributed by atoms with van der Waals surface area (Å²) >= 11 is 5.88. The first-order chi connectivity index (χ1) is 11.1. The van der Waals surface area contributed by atoms with E-state index in [-0.39, 0.29) is 18.1 Å². The quantitative estimate of drug-likeness (QED) is 0.937. The van der Waals surface area contributed by atoms with Crippen LogP contribution in [0.25, 0.3) is 0 Å². The highest BCUT2D eigenvalue weighted by atomic mass is 35.5. The number of ketones is 1. The van der Waals surface area contributed by atoms with E-state index in [4.69, 9.17) is 21.1 Å². The van der Waals surface area contributed by atoms with Gasteiger partial charge in [0.05, 0.1) is 19.1 Å². The van der Waals surface area contributed by atoms with Gasteiger partial charge in [0.2, 0.25) is 0 Å². The third-order valence-electron chi connectivity index (χ3n) is 3.51. The lowest BCUT2D eigenvalue weighted by atomic mass is 10.0. The van der Waals surface area contributed by atoms with Crippen LogP contribution in [0.2, 0.25) is 5.02 Å². The molecule has 0 saturated heterocycles. The number of methoxy groups -OCH3 is 1. The second kappa shape index (κ2) is 6.30. The lowest BCUT2D eigenvalue weighted by molar-refractivity contribution is -0.122. The standard InChI is InChI=1S/C17H14ClNO4/c1-22-12-4-2-3-11(8-12)19-17(21)16-9-14(20)13-7-10(18)5-6-15(13)23-16/h2-8,16H,9H2,1H3,(H,19,21)/t16-/m0/s1. The highest BCUT2D eigenvalue weighted by molar-refractivity contribution is 6.31. The molecule has 6 heteroatoms. The van der Waals surface area contributed by atoms with Crippen molar-refractivity contribution in [3.05, 3.63) is 53.1 Å².